The van der Waals surface area contributed by atoms with Gasteiger partial charge in [-0.2, -0.15) is 0 Å². The van der Waals surface area contributed by atoms with Gasteiger partial charge in [-0.15, -0.1) is 5.10 Å². The highest BCUT2D eigenvalue weighted by molar-refractivity contribution is 6.91. The Kier molecular flexibility index (Phi) is 10.8. The Morgan fingerprint density at radius 2 is 1.80 bits per heavy atom. The van der Waals surface area contributed by atoms with E-state index in [4.69, 9.17) is 18.9 Å². The van der Waals surface area contributed by atoms with Gasteiger partial charge in [-0.25, -0.2) is 0 Å². The molecule has 3 aromatic carbocycles. The maximum Gasteiger partial charge on any atom is 0.305 e. The number of fused-ring (bicyclic) bond motifs is 3. The van der Waals surface area contributed by atoms with E-state index in [1.54, 1.807) is 16.7 Å². The molecule has 4 atom stereocenters. The van der Waals surface area contributed by atoms with E-state index in [0.717, 1.165) is 17.0 Å². The molecule has 7 rings (SSSR count). The minimum absolute atomic E-state index is 0.0154. The van der Waals surface area contributed by atoms with Crippen molar-refractivity contribution < 1.29 is 38.4 Å². The Morgan fingerprint density at radius 1 is 1.02 bits per heavy atom. The molecule has 4 aromatic rings. The third kappa shape index (κ3) is 6.91. The minimum Gasteiger partial charge on any atom is -0.497 e. The van der Waals surface area contributed by atoms with Crippen molar-refractivity contribution in [3.8, 4) is 11.5 Å². The number of benzene rings is 3. The van der Waals surface area contributed by atoms with Crippen molar-refractivity contribution in [3.05, 3.63) is 84.2 Å². The van der Waals surface area contributed by atoms with Crippen LogP contribution in [0.1, 0.15) is 43.9 Å². The average molecular weight is 768 g/mol. The van der Waals surface area contributed by atoms with Crippen LogP contribution in [0.3, 0.4) is 0 Å². The lowest BCUT2D eigenvalue weighted by atomic mass is 9.82. The number of unbranched alkanes of at least 4 members (excludes halogenated alkanes) is 1. The largest absolute Gasteiger partial charge is 0.497 e. The number of carbonyl (C=O) groups excluding carboxylic acids is 3. The van der Waals surface area contributed by atoms with E-state index in [9.17, 15) is 14.7 Å². The molecule has 290 valence electrons. The van der Waals surface area contributed by atoms with Crippen LogP contribution >= 0.6 is 0 Å². The number of rotatable bonds is 14. The summed E-state index contributed by atoms with van der Waals surface area (Å²) in [6, 6.07) is 21.4. The molecule has 1 saturated heterocycles. The van der Waals surface area contributed by atoms with Gasteiger partial charge in [0, 0.05) is 55.9 Å². The molecule has 1 aromatic heterocycles. The van der Waals surface area contributed by atoms with Crippen LogP contribution in [0.5, 0.6) is 11.5 Å². The van der Waals surface area contributed by atoms with E-state index >= 15 is 4.79 Å². The highest BCUT2D eigenvalue weighted by Gasteiger charge is 2.66. The summed E-state index contributed by atoms with van der Waals surface area (Å²) in [5, 5.41) is 19.2. The van der Waals surface area contributed by atoms with E-state index in [1.807, 2.05) is 65.7 Å². The Bertz CT molecular complexity index is 2050. The zero-order valence-electron chi connectivity index (χ0n) is 32.1. The van der Waals surface area contributed by atoms with Crippen LogP contribution < -0.4 is 24.5 Å². The van der Waals surface area contributed by atoms with Crippen LogP contribution in [0.4, 0.5) is 17.1 Å². The normalized spacial score (nSPS) is 21.8. The van der Waals surface area contributed by atoms with Crippen LogP contribution in [0, 0.1) is 5.92 Å². The number of nitrogens with zero attached hydrogens (tertiary/aromatic N) is 5. The fraction of sp³-hybridized carbons (Fsp3) is 0.439. The molecular formula is C41H49N5O8Si. The second-order valence-corrected chi connectivity index (χ2v) is 19.8. The summed E-state index contributed by atoms with van der Waals surface area (Å²) in [5.41, 5.74) is 2.06. The lowest BCUT2D eigenvalue weighted by Gasteiger charge is -2.37. The van der Waals surface area contributed by atoms with Gasteiger partial charge in [0.15, 0.2) is 12.2 Å². The Hall–Kier alpha value is -5.05. The fourth-order valence-electron chi connectivity index (χ4n) is 8.90. The van der Waals surface area contributed by atoms with Gasteiger partial charge in [-0.05, 0) is 67.3 Å². The number of methoxy groups -OCH3 is 2. The molecule has 14 heteroatoms. The van der Waals surface area contributed by atoms with Crippen molar-refractivity contribution in [2.45, 2.75) is 75.9 Å². The quantitative estimate of drug-likeness (QED) is 0.107. The van der Waals surface area contributed by atoms with Crippen molar-refractivity contribution >= 4 is 48.1 Å². The third-order valence-electron chi connectivity index (χ3n) is 11.6. The SMILES string of the molecule is COC(=O)CCCCN1C(=O)[C@]2(O[C@H](CCn3cc(CCO)nn3)[C@@H]([Si](C)(C)c3ccc(OC)cc3)[C@@H]2C)c2cc(N3C(=O)COc4ccccc43)ccc21. The summed E-state index contributed by atoms with van der Waals surface area (Å²) in [7, 11) is 0.596. The fourth-order valence-corrected chi connectivity index (χ4v) is 13.0. The first kappa shape index (κ1) is 38.2. The number of aliphatic hydroxyl groups is 1. The molecule has 1 N–H and O–H groups in total. The monoisotopic (exact) mass is 767 g/mol. The van der Waals surface area contributed by atoms with E-state index < -0.39 is 13.7 Å². The number of ether oxygens (including phenoxy) is 4. The number of aryl methyl sites for hydroxylation is 1. The van der Waals surface area contributed by atoms with Crippen LogP contribution in [0.25, 0.3) is 0 Å². The predicted octanol–water partition coefficient (Wildman–Crippen LogP) is 4.87. The summed E-state index contributed by atoms with van der Waals surface area (Å²) in [6.45, 7) is 7.59. The van der Waals surface area contributed by atoms with E-state index in [-0.39, 0.29) is 55.0 Å². The first-order chi connectivity index (χ1) is 26.5. The minimum atomic E-state index is -2.43. The van der Waals surface area contributed by atoms with Crippen LogP contribution in [0.2, 0.25) is 18.6 Å². The molecule has 0 radical (unpaired) electrons. The second kappa shape index (κ2) is 15.6. The summed E-state index contributed by atoms with van der Waals surface area (Å²) in [4.78, 5) is 44.2. The molecule has 3 aliphatic rings. The Balaban J connectivity index is 1.32. The first-order valence-electron chi connectivity index (χ1n) is 18.9. The molecule has 2 amide bonds. The van der Waals surface area contributed by atoms with E-state index in [1.165, 1.54) is 12.3 Å². The van der Waals surface area contributed by atoms with Gasteiger partial charge in [-0.3, -0.25) is 24.0 Å². The molecule has 0 saturated carbocycles. The van der Waals surface area contributed by atoms with Gasteiger partial charge in [0.05, 0.1) is 45.5 Å². The van der Waals surface area contributed by atoms with Gasteiger partial charge in [0.1, 0.15) is 11.5 Å². The number of carbonyl (C=O) groups is 3. The number of aromatic nitrogens is 3. The number of esters is 1. The zero-order valence-corrected chi connectivity index (χ0v) is 33.1. The lowest BCUT2D eigenvalue weighted by Crippen LogP contribution is -2.52. The lowest BCUT2D eigenvalue weighted by molar-refractivity contribution is -0.146. The van der Waals surface area contributed by atoms with Crippen molar-refractivity contribution in [2.75, 3.05) is 43.8 Å². The highest BCUT2D eigenvalue weighted by Crippen LogP contribution is 2.60. The van der Waals surface area contributed by atoms with Crippen LogP contribution in [-0.2, 0) is 42.4 Å². The van der Waals surface area contributed by atoms with E-state index in [0.29, 0.717) is 61.6 Å². The average Bonchev–Trinajstić information content (AvgIpc) is 3.84. The standard InChI is InChI=1S/C41H49N5O8Si/c1-27-39(55(4,5)31-16-14-30(51-2)15-17-31)36(19-22-44-25-28(20-23-47)42-43-44)54-41(27)32-24-29(46-34-10-6-7-11-35(34)53-26-37(46)48)13-18-33(32)45(40(41)50)21-9-8-12-38(49)52-3/h6-7,10-11,13-18,24-25,27,36,39,47H,8-9,12,19-23,26H2,1-5H3/t27-,36+,39-,41+/m0/s1. The number of hydrogen-bond acceptors (Lipinski definition) is 10. The zero-order chi connectivity index (χ0) is 38.9. The summed E-state index contributed by atoms with van der Waals surface area (Å²) < 4.78 is 25.3. The number of amides is 2. The van der Waals surface area contributed by atoms with Gasteiger partial charge < -0.3 is 29.0 Å². The second-order valence-electron chi connectivity index (χ2n) is 15.1. The number of para-hydroxylation sites is 2. The smallest absolute Gasteiger partial charge is 0.305 e. The third-order valence-corrected chi connectivity index (χ3v) is 16.0. The summed E-state index contributed by atoms with van der Waals surface area (Å²) in [5.74, 6) is 0.470. The molecule has 1 fully saturated rings. The van der Waals surface area contributed by atoms with Crippen molar-refractivity contribution in [1.29, 1.82) is 0 Å². The topological polar surface area (TPSA) is 146 Å². The first-order valence-corrected chi connectivity index (χ1v) is 22.0. The van der Waals surface area contributed by atoms with Crippen molar-refractivity contribution in [3.63, 3.8) is 0 Å². The molecule has 0 aliphatic carbocycles. The maximum atomic E-state index is 15.3. The predicted molar refractivity (Wildman–Crippen MR) is 209 cm³/mol. The van der Waals surface area contributed by atoms with Crippen LogP contribution in [-0.4, -0.2) is 86.0 Å². The molecule has 13 nitrogen and oxygen atoms in total. The maximum absolute atomic E-state index is 15.3. The molecule has 3 aliphatic heterocycles. The summed E-state index contributed by atoms with van der Waals surface area (Å²) >= 11 is 0. The molecule has 4 heterocycles. The number of hydrogen-bond donors (Lipinski definition) is 1. The number of aliphatic hydroxyl groups excluding tert-OH is 1. The molecule has 0 unspecified atom stereocenters. The number of anilines is 3. The van der Waals surface area contributed by atoms with Crippen molar-refractivity contribution in [1.82, 2.24) is 15.0 Å². The van der Waals surface area contributed by atoms with Crippen molar-refractivity contribution in [2.24, 2.45) is 5.92 Å². The van der Waals surface area contributed by atoms with Gasteiger partial charge in [0.2, 0.25) is 0 Å². The van der Waals surface area contributed by atoms with Crippen LogP contribution in [0.15, 0.2) is 72.9 Å². The van der Waals surface area contributed by atoms with Gasteiger partial charge >= 0.3 is 5.97 Å². The van der Waals surface area contributed by atoms with E-state index in [2.05, 4.69) is 42.5 Å². The molecule has 0 bridgehead atoms. The molecule has 55 heavy (non-hydrogen) atoms. The summed E-state index contributed by atoms with van der Waals surface area (Å²) in [6.07, 6.45) is 3.90. The Labute approximate surface area is 322 Å². The molecule has 1 spiro atoms. The Morgan fingerprint density at radius 3 is 2.55 bits per heavy atom. The molecular weight excluding hydrogens is 719 g/mol. The highest BCUT2D eigenvalue weighted by atomic mass is 28.3. The van der Waals surface area contributed by atoms with Gasteiger partial charge in [0.25, 0.3) is 11.8 Å². The van der Waals surface area contributed by atoms with Gasteiger partial charge in [-0.1, -0.05) is 54.7 Å².